The summed E-state index contributed by atoms with van der Waals surface area (Å²) in [5.41, 5.74) is 2.67. The molecule has 2 atom stereocenters. The van der Waals surface area contributed by atoms with Gasteiger partial charge in [-0.25, -0.2) is 0 Å². The van der Waals surface area contributed by atoms with Crippen molar-refractivity contribution >= 4 is 10.9 Å². The summed E-state index contributed by atoms with van der Waals surface area (Å²) in [5, 5.41) is 5.10. The van der Waals surface area contributed by atoms with Gasteiger partial charge < -0.3 is 15.2 Å². The van der Waals surface area contributed by atoms with Gasteiger partial charge in [0.1, 0.15) is 0 Å². The molecule has 0 radical (unpaired) electrons. The Labute approximate surface area is 127 Å². The molecule has 0 saturated carbocycles. The quantitative estimate of drug-likeness (QED) is 0.885. The number of likely N-dealkylation sites (tertiary alicyclic amines) is 1. The molecule has 1 saturated heterocycles. The topological polar surface area (TPSA) is 31.1 Å². The number of nitrogens with zero attached hydrogens (tertiary/aromatic N) is 1. The predicted octanol–water partition coefficient (Wildman–Crippen LogP) is 3.03. The highest BCUT2D eigenvalue weighted by atomic mass is 15.1. The van der Waals surface area contributed by atoms with Gasteiger partial charge in [-0.1, -0.05) is 18.2 Å². The number of rotatable bonds is 5. The van der Waals surface area contributed by atoms with Gasteiger partial charge in [-0.15, -0.1) is 0 Å². The number of H-pyrrole nitrogens is 1. The lowest BCUT2D eigenvalue weighted by Gasteiger charge is -2.34. The number of benzene rings is 1. The summed E-state index contributed by atoms with van der Waals surface area (Å²) in [5.74, 6) is 0.798. The summed E-state index contributed by atoms with van der Waals surface area (Å²) in [6, 6.07) is 9.17. The molecule has 0 bridgehead atoms. The van der Waals surface area contributed by atoms with Crippen LogP contribution >= 0.6 is 0 Å². The highest BCUT2D eigenvalue weighted by Gasteiger charge is 2.22. The lowest BCUT2D eigenvalue weighted by atomic mass is 9.92. The Bertz CT molecular complexity index is 575. The number of hydrogen-bond acceptors (Lipinski definition) is 2. The van der Waals surface area contributed by atoms with E-state index in [0.29, 0.717) is 6.04 Å². The molecule has 0 amide bonds. The monoisotopic (exact) mass is 285 g/mol. The Morgan fingerprint density at radius 3 is 3.10 bits per heavy atom. The lowest BCUT2D eigenvalue weighted by molar-refractivity contribution is 0.179. The maximum Gasteiger partial charge on any atom is 0.0456 e. The first-order valence-electron chi connectivity index (χ1n) is 8.21. The molecule has 2 aromatic rings. The van der Waals surface area contributed by atoms with Gasteiger partial charge in [0.25, 0.3) is 0 Å². The van der Waals surface area contributed by atoms with E-state index in [9.17, 15) is 0 Å². The Kier molecular flexibility index (Phi) is 4.61. The number of piperidine rings is 1. The van der Waals surface area contributed by atoms with Crippen molar-refractivity contribution in [1.29, 1.82) is 0 Å². The molecular formula is C18H27N3. The maximum atomic E-state index is 3.74. The van der Waals surface area contributed by atoms with Crippen LogP contribution in [0.2, 0.25) is 0 Å². The molecule has 3 nitrogen and oxygen atoms in total. The zero-order valence-electron chi connectivity index (χ0n) is 13.2. The molecule has 1 fully saturated rings. The van der Waals surface area contributed by atoms with Crippen molar-refractivity contribution in [2.45, 2.75) is 32.2 Å². The van der Waals surface area contributed by atoms with Crippen molar-refractivity contribution in [3.05, 3.63) is 36.0 Å². The molecule has 1 aromatic heterocycles. The van der Waals surface area contributed by atoms with Gasteiger partial charge in [-0.2, -0.15) is 0 Å². The Balaban J connectivity index is 1.51. The maximum absolute atomic E-state index is 3.74. The van der Waals surface area contributed by atoms with Gasteiger partial charge in [0.15, 0.2) is 0 Å². The van der Waals surface area contributed by atoms with Gasteiger partial charge in [-0.05, 0) is 63.9 Å². The molecule has 2 N–H and O–H groups in total. The molecule has 3 rings (SSSR count). The molecule has 114 valence electrons. The summed E-state index contributed by atoms with van der Waals surface area (Å²) in [7, 11) is 2.24. The van der Waals surface area contributed by atoms with Gasteiger partial charge >= 0.3 is 0 Å². The van der Waals surface area contributed by atoms with Gasteiger partial charge in [0.05, 0.1) is 0 Å². The second kappa shape index (κ2) is 6.63. The molecule has 3 heteroatoms. The van der Waals surface area contributed by atoms with Crippen molar-refractivity contribution in [2.75, 3.05) is 26.7 Å². The zero-order valence-corrected chi connectivity index (χ0v) is 13.2. The minimum absolute atomic E-state index is 0.609. The molecule has 1 aliphatic rings. The molecule has 0 aliphatic carbocycles. The summed E-state index contributed by atoms with van der Waals surface area (Å²) in [6.45, 7) is 5.90. The molecule has 2 heterocycles. The predicted molar refractivity (Wildman–Crippen MR) is 89.7 cm³/mol. The Morgan fingerprint density at radius 2 is 2.24 bits per heavy atom. The summed E-state index contributed by atoms with van der Waals surface area (Å²) < 4.78 is 0. The SMILES string of the molecule is CC(NCCc1c[nH]c2ccccc12)C1CCCN(C)C1. The van der Waals surface area contributed by atoms with Crippen LogP contribution in [0.15, 0.2) is 30.5 Å². The minimum atomic E-state index is 0.609. The number of para-hydroxylation sites is 1. The van der Waals surface area contributed by atoms with E-state index in [1.165, 1.54) is 42.4 Å². The zero-order chi connectivity index (χ0) is 14.7. The molecule has 1 aliphatic heterocycles. The number of fused-ring (bicyclic) bond motifs is 1. The first kappa shape index (κ1) is 14.6. The third-order valence-electron chi connectivity index (χ3n) is 4.90. The second-order valence-electron chi connectivity index (χ2n) is 6.52. The van der Waals surface area contributed by atoms with Crippen LogP contribution in [0.3, 0.4) is 0 Å². The van der Waals surface area contributed by atoms with E-state index in [1.54, 1.807) is 0 Å². The van der Waals surface area contributed by atoms with Gasteiger partial charge in [-0.3, -0.25) is 0 Å². The van der Waals surface area contributed by atoms with Crippen molar-refractivity contribution in [1.82, 2.24) is 15.2 Å². The molecule has 2 unspecified atom stereocenters. The van der Waals surface area contributed by atoms with Crippen molar-refractivity contribution in [3.63, 3.8) is 0 Å². The van der Waals surface area contributed by atoms with Crippen LogP contribution in [0, 0.1) is 5.92 Å². The van der Waals surface area contributed by atoms with Gasteiger partial charge in [0.2, 0.25) is 0 Å². The van der Waals surface area contributed by atoms with Crippen molar-refractivity contribution in [2.24, 2.45) is 5.92 Å². The van der Waals surface area contributed by atoms with E-state index in [4.69, 9.17) is 0 Å². The van der Waals surface area contributed by atoms with E-state index in [2.05, 4.69) is 59.6 Å². The van der Waals surface area contributed by atoms with Crippen LogP contribution < -0.4 is 5.32 Å². The van der Waals surface area contributed by atoms with Crippen LogP contribution in [0.4, 0.5) is 0 Å². The second-order valence-corrected chi connectivity index (χ2v) is 6.52. The van der Waals surface area contributed by atoms with E-state index in [1.807, 2.05) is 0 Å². The van der Waals surface area contributed by atoms with E-state index in [-0.39, 0.29) is 0 Å². The average Bonchev–Trinajstić information content (AvgIpc) is 2.91. The number of aromatic amines is 1. The van der Waals surface area contributed by atoms with Crippen LogP contribution in [0.25, 0.3) is 10.9 Å². The lowest BCUT2D eigenvalue weighted by Crippen LogP contribution is -2.43. The molecule has 21 heavy (non-hydrogen) atoms. The number of hydrogen-bond donors (Lipinski definition) is 2. The largest absolute Gasteiger partial charge is 0.361 e. The minimum Gasteiger partial charge on any atom is -0.361 e. The third-order valence-corrected chi connectivity index (χ3v) is 4.90. The highest BCUT2D eigenvalue weighted by Crippen LogP contribution is 2.20. The fourth-order valence-corrected chi connectivity index (χ4v) is 3.55. The van der Waals surface area contributed by atoms with Crippen LogP contribution in [-0.2, 0) is 6.42 Å². The molecular weight excluding hydrogens is 258 g/mol. The van der Waals surface area contributed by atoms with Crippen LogP contribution in [0.1, 0.15) is 25.3 Å². The average molecular weight is 285 g/mol. The van der Waals surface area contributed by atoms with E-state index in [0.717, 1.165) is 18.9 Å². The van der Waals surface area contributed by atoms with Crippen LogP contribution in [0.5, 0.6) is 0 Å². The summed E-state index contributed by atoms with van der Waals surface area (Å²) in [4.78, 5) is 5.83. The van der Waals surface area contributed by atoms with Crippen molar-refractivity contribution in [3.8, 4) is 0 Å². The fourth-order valence-electron chi connectivity index (χ4n) is 3.55. The first-order valence-corrected chi connectivity index (χ1v) is 8.21. The van der Waals surface area contributed by atoms with Crippen LogP contribution in [-0.4, -0.2) is 42.6 Å². The first-order chi connectivity index (χ1) is 10.2. The Hall–Kier alpha value is -1.32. The van der Waals surface area contributed by atoms with E-state index >= 15 is 0 Å². The molecule has 1 aromatic carbocycles. The number of aromatic nitrogens is 1. The van der Waals surface area contributed by atoms with Crippen molar-refractivity contribution < 1.29 is 0 Å². The van der Waals surface area contributed by atoms with E-state index < -0.39 is 0 Å². The standard InChI is InChI=1S/C18H27N3/c1-14(16-6-5-11-21(2)13-16)19-10-9-15-12-20-18-8-4-3-7-17(15)18/h3-4,7-8,12,14,16,19-20H,5-6,9-11,13H2,1-2H3. The number of nitrogens with one attached hydrogen (secondary N) is 2. The summed E-state index contributed by atoms with van der Waals surface area (Å²) in [6.07, 6.45) is 5.96. The summed E-state index contributed by atoms with van der Waals surface area (Å²) >= 11 is 0. The molecule has 0 spiro atoms. The highest BCUT2D eigenvalue weighted by molar-refractivity contribution is 5.83. The van der Waals surface area contributed by atoms with Gasteiger partial charge in [0, 0.05) is 29.7 Å². The fraction of sp³-hybridized carbons (Fsp3) is 0.556. The Morgan fingerprint density at radius 1 is 1.38 bits per heavy atom. The normalized spacial score (nSPS) is 21.7. The third kappa shape index (κ3) is 3.47. The smallest absolute Gasteiger partial charge is 0.0456 e.